The van der Waals surface area contributed by atoms with Gasteiger partial charge < -0.3 is 5.73 Å². The molecule has 1 fully saturated rings. The van der Waals surface area contributed by atoms with E-state index >= 15 is 0 Å². The summed E-state index contributed by atoms with van der Waals surface area (Å²) in [6.07, 6.45) is 4.87. The molecular formula is C14H21BrN2O2S. The van der Waals surface area contributed by atoms with Gasteiger partial charge in [0.25, 0.3) is 0 Å². The lowest BCUT2D eigenvalue weighted by molar-refractivity contribution is 0.239. The lowest BCUT2D eigenvalue weighted by Gasteiger charge is -2.34. The highest BCUT2D eigenvalue weighted by atomic mass is 79.9. The SMILES string of the molecule is CCCC1CCCCN1S(=O)(=O)c1cc(Br)ccc1N. The number of halogens is 1. The van der Waals surface area contributed by atoms with Crippen LogP contribution in [0.1, 0.15) is 39.0 Å². The molecule has 1 atom stereocenters. The molecule has 2 rings (SSSR count). The molecule has 1 aromatic rings. The smallest absolute Gasteiger partial charge is 0.245 e. The van der Waals surface area contributed by atoms with Gasteiger partial charge in [-0.2, -0.15) is 4.31 Å². The summed E-state index contributed by atoms with van der Waals surface area (Å²) in [5, 5.41) is 0. The summed E-state index contributed by atoms with van der Waals surface area (Å²) < 4.78 is 28.1. The van der Waals surface area contributed by atoms with Gasteiger partial charge in [-0.05, 0) is 37.5 Å². The van der Waals surface area contributed by atoms with Gasteiger partial charge in [-0.1, -0.05) is 35.7 Å². The fourth-order valence-electron chi connectivity index (χ4n) is 2.77. The number of hydrogen-bond donors (Lipinski definition) is 1. The Morgan fingerprint density at radius 2 is 2.15 bits per heavy atom. The highest BCUT2D eigenvalue weighted by Gasteiger charge is 2.34. The van der Waals surface area contributed by atoms with Crippen LogP contribution in [0.5, 0.6) is 0 Å². The molecule has 0 aromatic heterocycles. The van der Waals surface area contributed by atoms with Crippen molar-refractivity contribution in [1.82, 2.24) is 4.31 Å². The highest BCUT2D eigenvalue weighted by molar-refractivity contribution is 9.10. The van der Waals surface area contributed by atoms with Crippen molar-refractivity contribution in [3.8, 4) is 0 Å². The van der Waals surface area contributed by atoms with E-state index in [4.69, 9.17) is 5.73 Å². The Hall–Kier alpha value is -0.590. The predicted octanol–water partition coefficient (Wildman–Crippen LogP) is 3.37. The molecule has 0 saturated carbocycles. The molecule has 1 aliphatic heterocycles. The zero-order valence-corrected chi connectivity index (χ0v) is 14.1. The molecule has 1 saturated heterocycles. The normalized spacial score (nSPS) is 21.0. The van der Waals surface area contributed by atoms with Crippen LogP contribution in [-0.4, -0.2) is 25.3 Å². The summed E-state index contributed by atoms with van der Waals surface area (Å²) in [6, 6.07) is 5.10. The first-order chi connectivity index (χ1) is 9.46. The average molecular weight is 361 g/mol. The largest absolute Gasteiger partial charge is 0.398 e. The van der Waals surface area contributed by atoms with Crippen molar-refractivity contribution >= 4 is 31.6 Å². The Morgan fingerprint density at radius 1 is 1.40 bits per heavy atom. The quantitative estimate of drug-likeness (QED) is 0.837. The Balaban J connectivity index is 2.39. The number of benzene rings is 1. The van der Waals surface area contributed by atoms with Gasteiger partial charge in [0.05, 0.1) is 5.69 Å². The van der Waals surface area contributed by atoms with Gasteiger partial charge in [0.15, 0.2) is 0 Å². The summed E-state index contributed by atoms with van der Waals surface area (Å²) in [7, 11) is -3.51. The molecule has 1 heterocycles. The molecule has 1 unspecified atom stereocenters. The van der Waals surface area contributed by atoms with Crippen LogP contribution in [0, 0.1) is 0 Å². The predicted molar refractivity (Wildman–Crippen MR) is 85.0 cm³/mol. The fourth-order valence-corrected chi connectivity index (χ4v) is 5.15. The number of rotatable bonds is 4. The third kappa shape index (κ3) is 3.18. The van der Waals surface area contributed by atoms with E-state index in [0.29, 0.717) is 12.2 Å². The van der Waals surface area contributed by atoms with Crippen molar-refractivity contribution in [1.29, 1.82) is 0 Å². The number of nitrogen functional groups attached to an aromatic ring is 1. The number of nitrogens with zero attached hydrogens (tertiary/aromatic N) is 1. The van der Waals surface area contributed by atoms with E-state index in [9.17, 15) is 8.42 Å². The van der Waals surface area contributed by atoms with Crippen molar-refractivity contribution < 1.29 is 8.42 Å². The first-order valence-corrected chi connectivity index (χ1v) is 9.27. The monoisotopic (exact) mass is 360 g/mol. The molecular weight excluding hydrogens is 340 g/mol. The Kier molecular flexibility index (Phi) is 5.09. The number of nitrogens with two attached hydrogens (primary N) is 1. The number of piperidine rings is 1. The van der Waals surface area contributed by atoms with E-state index in [1.54, 1.807) is 22.5 Å². The first-order valence-electron chi connectivity index (χ1n) is 7.03. The Morgan fingerprint density at radius 3 is 2.85 bits per heavy atom. The third-order valence-electron chi connectivity index (χ3n) is 3.76. The summed E-state index contributed by atoms with van der Waals surface area (Å²) in [5.41, 5.74) is 6.19. The van der Waals surface area contributed by atoms with E-state index in [2.05, 4.69) is 22.9 Å². The van der Waals surface area contributed by atoms with Gasteiger partial charge in [0, 0.05) is 17.1 Å². The van der Waals surface area contributed by atoms with E-state index in [1.807, 2.05) is 0 Å². The molecule has 1 aromatic carbocycles. The molecule has 0 amide bonds. The number of hydrogen-bond acceptors (Lipinski definition) is 3. The van der Waals surface area contributed by atoms with Crippen LogP contribution < -0.4 is 5.73 Å². The fraction of sp³-hybridized carbons (Fsp3) is 0.571. The molecule has 0 bridgehead atoms. The first kappa shape index (κ1) is 15.8. The molecule has 0 spiro atoms. The van der Waals surface area contributed by atoms with Crippen LogP contribution in [0.4, 0.5) is 5.69 Å². The van der Waals surface area contributed by atoms with E-state index in [0.717, 1.165) is 36.6 Å². The van der Waals surface area contributed by atoms with Crippen LogP contribution in [0.15, 0.2) is 27.6 Å². The molecule has 2 N–H and O–H groups in total. The van der Waals surface area contributed by atoms with Crippen LogP contribution in [-0.2, 0) is 10.0 Å². The molecule has 112 valence electrons. The van der Waals surface area contributed by atoms with Crippen LogP contribution >= 0.6 is 15.9 Å². The zero-order valence-electron chi connectivity index (χ0n) is 11.7. The lowest BCUT2D eigenvalue weighted by Crippen LogP contribution is -2.43. The van der Waals surface area contributed by atoms with E-state index in [-0.39, 0.29) is 10.9 Å². The second kappa shape index (κ2) is 6.45. The summed E-state index contributed by atoms with van der Waals surface area (Å²) in [4.78, 5) is 0.217. The lowest BCUT2D eigenvalue weighted by atomic mass is 10.0. The van der Waals surface area contributed by atoms with E-state index < -0.39 is 10.0 Å². The van der Waals surface area contributed by atoms with Crippen LogP contribution in [0.3, 0.4) is 0 Å². The van der Waals surface area contributed by atoms with Crippen molar-refractivity contribution in [2.45, 2.75) is 50.0 Å². The molecule has 20 heavy (non-hydrogen) atoms. The number of sulfonamides is 1. The summed E-state index contributed by atoms with van der Waals surface area (Å²) in [6.45, 7) is 2.69. The van der Waals surface area contributed by atoms with Gasteiger partial charge >= 0.3 is 0 Å². The standard InChI is InChI=1S/C14H21BrN2O2S/c1-2-5-12-6-3-4-9-17(12)20(18,19)14-10-11(15)7-8-13(14)16/h7-8,10,12H,2-6,9,16H2,1H3. The van der Waals surface area contributed by atoms with Gasteiger partial charge in [-0.25, -0.2) is 8.42 Å². The maximum absolute atomic E-state index is 12.9. The minimum Gasteiger partial charge on any atom is -0.398 e. The Bertz CT molecular complexity index is 573. The van der Waals surface area contributed by atoms with Crippen LogP contribution in [0.2, 0.25) is 0 Å². The van der Waals surface area contributed by atoms with Crippen LogP contribution in [0.25, 0.3) is 0 Å². The third-order valence-corrected chi connectivity index (χ3v) is 6.26. The number of anilines is 1. The van der Waals surface area contributed by atoms with Crippen molar-refractivity contribution in [2.75, 3.05) is 12.3 Å². The molecule has 4 nitrogen and oxygen atoms in total. The summed E-state index contributed by atoms with van der Waals surface area (Å²) in [5.74, 6) is 0. The molecule has 1 aliphatic rings. The zero-order chi connectivity index (χ0) is 14.8. The maximum Gasteiger partial charge on any atom is 0.245 e. The van der Waals surface area contributed by atoms with Gasteiger partial charge in [0.1, 0.15) is 4.90 Å². The van der Waals surface area contributed by atoms with Gasteiger partial charge in [-0.3, -0.25) is 0 Å². The van der Waals surface area contributed by atoms with Gasteiger partial charge in [0.2, 0.25) is 10.0 Å². The van der Waals surface area contributed by atoms with Crippen molar-refractivity contribution in [2.24, 2.45) is 0 Å². The topological polar surface area (TPSA) is 63.4 Å². The molecule has 0 aliphatic carbocycles. The summed E-state index contributed by atoms with van der Waals surface area (Å²) >= 11 is 3.32. The van der Waals surface area contributed by atoms with E-state index in [1.165, 1.54) is 0 Å². The minimum atomic E-state index is -3.51. The Labute approximate surface area is 129 Å². The molecule has 0 radical (unpaired) electrons. The molecule has 6 heteroatoms. The second-order valence-corrected chi connectivity index (χ2v) is 8.01. The van der Waals surface area contributed by atoms with Gasteiger partial charge in [-0.15, -0.1) is 0 Å². The second-order valence-electron chi connectivity index (χ2n) is 5.24. The van der Waals surface area contributed by atoms with Crippen molar-refractivity contribution in [3.05, 3.63) is 22.7 Å². The minimum absolute atomic E-state index is 0.108. The highest BCUT2D eigenvalue weighted by Crippen LogP contribution is 2.31. The average Bonchev–Trinajstić information content (AvgIpc) is 2.42. The van der Waals surface area contributed by atoms with Crippen molar-refractivity contribution in [3.63, 3.8) is 0 Å². The maximum atomic E-state index is 12.9.